The summed E-state index contributed by atoms with van der Waals surface area (Å²) in [5, 5.41) is 4.57. The molecule has 0 spiro atoms. The minimum atomic E-state index is -0.311. The van der Waals surface area contributed by atoms with Crippen molar-refractivity contribution in [2.24, 2.45) is 16.7 Å². The molecule has 0 fully saturated rings. The van der Waals surface area contributed by atoms with Crippen LogP contribution in [0.25, 0.3) is 89.2 Å². The molecule has 66 heavy (non-hydrogen) atoms. The largest absolute Gasteiger partial charge is 0.309 e. The molecule has 0 bridgehead atoms. The molecule has 7 aromatic carbocycles. The van der Waals surface area contributed by atoms with Crippen LogP contribution in [-0.4, -0.2) is 24.1 Å². The Bertz CT molecular complexity index is 3590. The molecule has 0 amide bonds. The lowest BCUT2D eigenvalue weighted by molar-refractivity contribution is 0.171. The lowest BCUT2D eigenvalue weighted by atomic mass is 9.55. The number of rotatable bonds is 6. The van der Waals surface area contributed by atoms with Gasteiger partial charge in [0.15, 0.2) is 11.6 Å². The van der Waals surface area contributed by atoms with Gasteiger partial charge in [0, 0.05) is 44.3 Å². The lowest BCUT2D eigenvalue weighted by Crippen LogP contribution is -2.38. The average Bonchev–Trinajstić information content (AvgIpc) is 3.87. The van der Waals surface area contributed by atoms with Gasteiger partial charge in [0.25, 0.3) is 0 Å². The fourth-order valence-corrected chi connectivity index (χ4v) is 11.2. The van der Waals surface area contributed by atoms with Crippen LogP contribution in [0, 0.1) is 22.6 Å². The third-order valence-electron chi connectivity index (χ3n) is 15.0. The van der Waals surface area contributed by atoms with E-state index in [4.69, 9.17) is 15.0 Å². The van der Waals surface area contributed by atoms with E-state index in [0.717, 1.165) is 50.5 Å². The maximum absolute atomic E-state index is 14.1. The summed E-state index contributed by atoms with van der Waals surface area (Å²) >= 11 is 0. The van der Waals surface area contributed by atoms with Crippen LogP contribution in [0.5, 0.6) is 0 Å². The first-order chi connectivity index (χ1) is 32.0. The highest BCUT2D eigenvalue weighted by atomic mass is 19.1. The molecule has 10 aromatic rings. The monoisotopic (exact) mass is 859 g/mol. The number of fused-ring (bicyclic) bond motifs is 7. The Kier molecular flexibility index (Phi) is 9.15. The molecule has 0 radical (unpaired) electrons. The zero-order valence-corrected chi connectivity index (χ0v) is 37.9. The molecule has 2 aliphatic carbocycles. The second-order valence-corrected chi connectivity index (χ2v) is 19.7. The Morgan fingerprint density at radius 1 is 0.530 bits per heavy atom. The molecule has 5 nitrogen and oxygen atoms in total. The third-order valence-corrected chi connectivity index (χ3v) is 15.0. The Hall–Kier alpha value is -7.44. The van der Waals surface area contributed by atoms with E-state index in [-0.39, 0.29) is 16.6 Å². The zero-order chi connectivity index (χ0) is 44.9. The van der Waals surface area contributed by atoms with E-state index < -0.39 is 0 Å². The van der Waals surface area contributed by atoms with Crippen LogP contribution in [0.3, 0.4) is 0 Å². The van der Waals surface area contributed by atoms with Crippen LogP contribution in [0.2, 0.25) is 0 Å². The maximum Gasteiger partial charge on any atom is 0.238 e. The molecular formula is C60H50FN5. The molecule has 0 saturated carbocycles. The van der Waals surface area contributed by atoms with Gasteiger partial charge in [-0.05, 0) is 113 Å². The summed E-state index contributed by atoms with van der Waals surface area (Å²) in [5.41, 5.74) is 14.3. The number of aromatic nitrogens is 5. The number of hydrogen-bond donors (Lipinski definition) is 0. The minimum Gasteiger partial charge on any atom is -0.309 e. The van der Waals surface area contributed by atoms with Crippen LogP contribution in [-0.2, 0) is 0 Å². The minimum absolute atomic E-state index is 0.205. The summed E-state index contributed by atoms with van der Waals surface area (Å²) in [6, 6.07) is 56.1. The van der Waals surface area contributed by atoms with E-state index in [2.05, 4.69) is 165 Å². The predicted molar refractivity (Wildman–Crippen MR) is 270 cm³/mol. The molecular weight excluding hydrogens is 810 g/mol. The van der Waals surface area contributed by atoms with Gasteiger partial charge in [0.05, 0.1) is 22.1 Å². The molecule has 0 N–H and O–H groups in total. The smallest absolute Gasteiger partial charge is 0.238 e. The summed E-state index contributed by atoms with van der Waals surface area (Å²) in [6.07, 6.45) is 7.24. The molecule has 2 atom stereocenters. The summed E-state index contributed by atoms with van der Waals surface area (Å²) in [7, 11) is 0. The van der Waals surface area contributed by atoms with Crippen molar-refractivity contribution in [3.8, 4) is 45.5 Å². The van der Waals surface area contributed by atoms with Crippen molar-refractivity contribution in [3.05, 3.63) is 198 Å². The molecule has 3 aromatic heterocycles. The van der Waals surface area contributed by atoms with E-state index in [1.807, 2.05) is 30.3 Å². The predicted octanol–water partition coefficient (Wildman–Crippen LogP) is 15.6. The second kappa shape index (κ2) is 15.1. The second-order valence-electron chi connectivity index (χ2n) is 19.7. The van der Waals surface area contributed by atoms with Crippen molar-refractivity contribution < 1.29 is 4.39 Å². The first-order valence-corrected chi connectivity index (χ1v) is 23.2. The van der Waals surface area contributed by atoms with E-state index in [0.29, 0.717) is 35.0 Å². The van der Waals surface area contributed by atoms with Crippen molar-refractivity contribution in [1.82, 2.24) is 24.1 Å². The number of benzene rings is 7. The van der Waals surface area contributed by atoms with Gasteiger partial charge in [0.2, 0.25) is 5.95 Å². The van der Waals surface area contributed by atoms with E-state index in [9.17, 15) is 4.39 Å². The first-order valence-electron chi connectivity index (χ1n) is 23.2. The number of hydrogen-bond acceptors (Lipinski definition) is 3. The van der Waals surface area contributed by atoms with Crippen molar-refractivity contribution in [2.75, 3.05) is 0 Å². The van der Waals surface area contributed by atoms with Gasteiger partial charge in [0.1, 0.15) is 5.82 Å². The standard InChI is InChI=1S/C60H50FN5/c1-37-36-59(2,3)49-35-43(27-32-48(49)60(37,4)5)40-21-19-38(20-22-40)39-25-30-45(31-26-39)65-50-17-11-9-15-46(50)54-52(65)33-34-53-55(54)47-16-10-12-18-51(47)66(53)58-63-56(41-13-7-6-8-14-41)62-57(64-58)42-23-28-44(61)29-24-42/h6-34,37,43H,35-36H2,1-5H3. The fraction of sp³-hybridized carbons (Fsp3) is 0.183. The van der Waals surface area contributed by atoms with Gasteiger partial charge in [-0.1, -0.05) is 155 Å². The summed E-state index contributed by atoms with van der Waals surface area (Å²) in [4.78, 5) is 15.1. The van der Waals surface area contributed by atoms with Crippen molar-refractivity contribution in [3.63, 3.8) is 0 Å². The van der Waals surface area contributed by atoms with Crippen LogP contribution in [0.1, 0.15) is 58.9 Å². The molecule has 2 aliphatic rings. The highest BCUT2D eigenvalue weighted by molar-refractivity contribution is 6.28. The first kappa shape index (κ1) is 40.1. The molecule has 2 unspecified atom stereocenters. The quantitative estimate of drug-likeness (QED) is 0.167. The Morgan fingerprint density at radius 2 is 1.06 bits per heavy atom. The molecule has 12 rings (SSSR count). The van der Waals surface area contributed by atoms with Gasteiger partial charge in [-0.3, -0.25) is 4.57 Å². The molecule has 0 aliphatic heterocycles. The van der Waals surface area contributed by atoms with Crippen LogP contribution in [0.15, 0.2) is 187 Å². The number of halogens is 1. The van der Waals surface area contributed by atoms with E-state index >= 15 is 0 Å². The summed E-state index contributed by atoms with van der Waals surface area (Å²) in [6.45, 7) is 12.2. The zero-order valence-electron chi connectivity index (χ0n) is 37.9. The normalized spacial score (nSPS) is 17.8. The van der Waals surface area contributed by atoms with Crippen LogP contribution in [0.4, 0.5) is 4.39 Å². The number of nitrogens with zero attached hydrogens (tertiary/aromatic N) is 5. The molecule has 3 heterocycles. The molecule has 0 saturated heterocycles. The van der Waals surface area contributed by atoms with Gasteiger partial charge in [-0.2, -0.15) is 9.97 Å². The van der Waals surface area contributed by atoms with Crippen molar-refractivity contribution in [1.29, 1.82) is 0 Å². The van der Waals surface area contributed by atoms with E-state index in [1.54, 1.807) is 23.3 Å². The average molecular weight is 860 g/mol. The van der Waals surface area contributed by atoms with Crippen LogP contribution >= 0.6 is 0 Å². The van der Waals surface area contributed by atoms with Crippen LogP contribution < -0.4 is 0 Å². The number of para-hydroxylation sites is 2. The maximum atomic E-state index is 14.1. The van der Waals surface area contributed by atoms with Crippen molar-refractivity contribution in [2.45, 2.75) is 53.4 Å². The van der Waals surface area contributed by atoms with Gasteiger partial charge in [-0.25, -0.2) is 9.37 Å². The van der Waals surface area contributed by atoms with E-state index in [1.165, 1.54) is 46.0 Å². The summed E-state index contributed by atoms with van der Waals surface area (Å²) < 4.78 is 18.7. The topological polar surface area (TPSA) is 48.5 Å². The Labute approximate surface area is 384 Å². The third kappa shape index (κ3) is 6.37. The highest BCUT2D eigenvalue weighted by Crippen LogP contribution is 2.56. The number of allylic oxidation sites excluding steroid dienone is 4. The lowest BCUT2D eigenvalue weighted by Gasteiger charge is -2.49. The SMILES string of the molecule is CC1CC(C)(C)C2=C(C=CC(c3ccc(-c4ccc(-n5c6ccccc6c6c7c8ccccc8n(-c8nc(-c9ccccc9)nc(-c9ccc(F)cc9)n8)c7ccc65)cc4)cc3)C2)C1(C)C. The fourth-order valence-electron chi connectivity index (χ4n) is 11.2. The molecule has 6 heteroatoms. The highest BCUT2D eigenvalue weighted by Gasteiger charge is 2.44. The Morgan fingerprint density at radius 3 is 1.70 bits per heavy atom. The molecule has 322 valence electrons. The van der Waals surface area contributed by atoms with Gasteiger partial charge >= 0.3 is 0 Å². The van der Waals surface area contributed by atoms with Gasteiger partial charge in [-0.15, -0.1) is 0 Å². The summed E-state index contributed by atoms with van der Waals surface area (Å²) in [5.74, 6) is 2.25. The van der Waals surface area contributed by atoms with Crippen molar-refractivity contribution >= 4 is 43.6 Å². The Balaban J connectivity index is 0.940. The van der Waals surface area contributed by atoms with Gasteiger partial charge < -0.3 is 4.57 Å².